The first-order valence-electron chi connectivity index (χ1n) is 8.99. The van der Waals surface area contributed by atoms with Gasteiger partial charge in [-0.25, -0.2) is 0 Å². The lowest BCUT2D eigenvalue weighted by Crippen LogP contribution is -2.21. The van der Waals surface area contributed by atoms with E-state index in [0.29, 0.717) is 24.7 Å². The van der Waals surface area contributed by atoms with Crippen molar-refractivity contribution in [3.63, 3.8) is 0 Å². The average Bonchev–Trinajstić information content (AvgIpc) is 2.67. The summed E-state index contributed by atoms with van der Waals surface area (Å²) in [5, 5.41) is 14.2. The Morgan fingerprint density at radius 1 is 1.18 bits per heavy atom. The third kappa shape index (κ3) is 6.47. The summed E-state index contributed by atoms with van der Waals surface area (Å²) in [7, 11) is 5.72. The highest BCUT2D eigenvalue weighted by molar-refractivity contribution is 9.10. The first-order valence-corrected chi connectivity index (χ1v) is 9.78. The highest BCUT2D eigenvalue weighted by atomic mass is 79.9. The van der Waals surface area contributed by atoms with E-state index in [4.69, 9.17) is 9.47 Å². The van der Waals surface area contributed by atoms with Gasteiger partial charge >= 0.3 is 0 Å². The van der Waals surface area contributed by atoms with E-state index in [1.165, 1.54) is 12.1 Å². The van der Waals surface area contributed by atoms with Crippen molar-refractivity contribution in [1.82, 2.24) is 10.2 Å². The fourth-order valence-corrected chi connectivity index (χ4v) is 3.12. The monoisotopic (exact) mass is 451 g/mol. The summed E-state index contributed by atoms with van der Waals surface area (Å²) in [6.07, 6.45) is 1.05. The summed E-state index contributed by atoms with van der Waals surface area (Å²) in [5.41, 5.74) is 1.88. The van der Waals surface area contributed by atoms with Crippen LogP contribution in [0.2, 0.25) is 0 Å². The van der Waals surface area contributed by atoms with E-state index in [0.717, 1.165) is 35.1 Å². The van der Waals surface area contributed by atoms with Crippen molar-refractivity contribution in [2.24, 2.45) is 0 Å². The number of benzene rings is 2. The maximum absolute atomic E-state index is 10.8. The van der Waals surface area contributed by atoms with Crippen LogP contribution < -0.4 is 14.8 Å². The van der Waals surface area contributed by atoms with Crippen LogP contribution in [0.15, 0.2) is 40.9 Å². The minimum atomic E-state index is -0.415. The molecule has 0 spiro atoms. The fourth-order valence-electron chi connectivity index (χ4n) is 2.67. The predicted octanol–water partition coefficient (Wildman–Crippen LogP) is 3.99. The average molecular weight is 452 g/mol. The number of methoxy groups -OCH3 is 1. The largest absolute Gasteiger partial charge is 0.493 e. The topological polar surface area (TPSA) is 76.9 Å². The summed E-state index contributed by atoms with van der Waals surface area (Å²) < 4.78 is 12.5. The Hall–Kier alpha value is -2.16. The number of nitrogens with zero attached hydrogens (tertiary/aromatic N) is 2. The second kappa shape index (κ2) is 11.0. The second-order valence-corrected chi connectivity index (χ2v) is 7.46. The zero-order valence-corrected chi connectivity index (χ0v) is 18.0. The van der Waals surface area contributed by atoms with Crippen LogP contribution in [-0.2, 0) is 13.2 Å². The molecule has 0 saturated heterocycles. The molecule has 0 amide bonds. The predicted molar refractivity (Wildman–Crippen MR) is 113 cm³/mol. The molecule has 0 aliphatic rings. The maximum atomic E-state index is 10.8. The van der Waals surface area contributed by atoms with Crippen LogP contribution in [0.1, 0.15) is 17.5 Å². The molecular formula is C20H26BrN3O4. The zero-order chi connectivity index (χ0) is 20.5. The van der Waals surface area contributed by atoms with Crippen LogP contribution in [-0.4, -0.2) is 44.1 Å². The Kier molecular flexibility index (Phi) is 8.69. The molecule has 0 bridgehead atoms. The Morgan fingerprint density at radius 3 is 2.50 bits per heavy atom. The molecule has 2 aromatic rings. The van der Waals surface area contributed by atoms with Crippen LogP contribution in [0.3, 0.4) is 0 Å². The smallest absolute Gasteiger partial charge is 0.269 e. The molecule has 0 aliphatic carbocycles. The van der Waals surface area contributed by atoms with Gasteiger partial charge in [-0.05, 0) is 63.4 Å². The number of hydrogen-bond acceptors (Lipinski definition) is 6. The van der Waals surface area contributed by atoms with Crippen molar-refractivity contribution < 1.29 is 14.4 Å². The second-order valence-electron chi connectivity index (χ2n) is 6.60. The lowest BCUT2D eigenvalue weighted by Gasteiger charge is -2.17. The Labute approximate surface area is 173 Å². The molecule has 1 N–H and O–H groups in total. The third-order valence-corrected chi connectivity index (χ3v) is 4.92. The SMILES string of the molecule is COc1ccc(Br)c(CNCCCN(C)C)c1OCc1ccc([N+](=O)[O-])cc1. The van der Waals surface area contributed by atoms with Gasteiger partial charge in [-0.1, -0.05) is 15.9 Å². The molecule has 0 fully saturated rings. The Bertz CT molecular complexity index is 782. The summed E-state index contributed by atoms with van der Waals surface area (Å²) in [5.74, 6) is 1.31. The van der Waals surface area contributed by atoms with E-state index < -0.39 is 4.92 Å². The molecule has 0 radical (unpaired) electrons. The minimum absolute atomic E-state index is 0.0615. The van der Waals surface area contributed by atoms with Crippen LogP contribution in [0.4, 0.5) is 5.69 Å². The number of rotatable bonds is 11. The van der Waals surface area contributed by atoms with Crippen LogP contribution >= 0.6 is 15.9 Å². The molecule has 0 saturated carbocycles. The first-order chi connectivity index (χ1) is 13.4. The Balaban J connectivity index is 2.08. The molecule has 152 valence electrons. The number of non-ortho nitro benzene ring substituents is 1. The van der Waals surface area contributed by atoms with E-state index in [-0.39, 0.29) is 5.69 Å². The minimum Gasteiger partial charge on any atom is -0.493 e. The van der Waals surface area contributed by atoms with Crippen LogP contribution in [0, 0.1) is 10.1 Å². The standard InChI is InChI=1S/C20H26BrN3O4/c1-23(2)12-4-11-22-13-17-18(21)9-10-19(27-3)20(17)28-14-15-5-7-16(8-6-15)24(25)26/h5-10,22H,4,11-14H2,1-3H3. The maximum Gasteiger partial charge on any atom is 0.269 e. The summed E-state index contributed by atoms with van der Waals surface area (Å²) >= 11 is 3.60. The van der Waals surface area contributed by atoms with Crippen molar-refractivity contribution in [1.29, 1.82) is 0 Å². The van der Waals surface area contributed by atoms with Gasteiger partial charge < -0.3 is 19.7 Å². The van der Waals surface area contributed by atoms with Gasteiger partial charge in [0.15, 0.2) is 11.5 Å². The van der Waals surface area contributed by atoms with Gasteiger partial charge in [0.2, 0.25) is 0 Å². The highest BCUT2D eigenvalue weighted by Crippen LogP contribution is 2.36. The van der Waals surface area contributed by atoms with Gasteiger partial charge in [0.25, 0.3) is 5.69 Å². The van der Waals surface area contributed by atoms with Gasteiger partial charge in [-0.15, -0.1) is 0 Å². The highest BCUT2D eigenvalue weighted by Gasteiger charge is 2.15. The van der Waals surface area contributed by atoms with Crippen molar-refractivity contribution in [3.05, 3.63) is 62.1 Å². The molecule has 7 nitrogen and oxygen atoms in total. The van der Waals surface area contributed by atoms with Crippen molar-refractivity contribution in [2.75, 3.05) is 34.3 Å². The lowest BCUT2D eigenvalue weighted by molar-refractivity contribution is -0.384. The molecule has 0 atom stereocenters. The molecule has 28 heavy (non-hydrogen) atoms. The Morgan fingerprint density at radius 2 is 1.89 bits per heavy atom. The normalized spacial score (nSPS) is 10.9. The van der Waals surface area contributed by atoms with Crippen LogP contribution in [0.25, 0.3) is 0 Å². The molecule has 0 heterocycles. The molecular weight excluding hydrogens is 426 g/mol. The van der Waals surface area contributed by atoms with Crippen molar-refractivity contribution in [3.8, 4) is 11.5 Å². The van der Waals surface area contributed by atoms with E-state index in [1.807, 2.05) is 12.1 Å². The summed E-state index contributed by atoms with van der Waals surface area (Å²) in [4.78, 5) is 12.5. The summed E-state index contributed by atoms with van der Waals surface area (Å²) in [6, 6.07) is 10.1. The number of nitro benzene ring substituents is 1. The van der Waals surface area contributed by atoms with E-state index in [1.54, 1.807) is 19.2 Å². The van der Waals surface area contributed by atoms with E-state index in [2.05, 4.69) is 40.2 Å². The molecule has 0 aromatic heterocycles. The fraction of sp³-hybridized carbons (Fsp3) is 0.400. The number of nitrogens with one attached hydrogen (secondary N) is 1. The zero-order valence-electron chi connectivity index (χ0n) is 16.4. The van der Waals surface area contributed by atoms with Crippen molar-refractivity contribution in [2.45, 2.75) is 19.6 Å². The van der Waals surface area contributed by atoms with Gasteiger partial charge in [-0.2, -0.15) is 0 Å². The molecule has 0 aliphatic heterocycles. The van der Waals surface area contributed by atoms with Gasteiger partial charge in [0.05, 0.1) is 12.0 Å². The number of nitro groups is 1. The van der Waals surface area contributed by atoms with E-state index >= 15 is 0 Å². The third-order valence-electron chi connectivity index (χ3n) is 4.18. The van der Waals surface area contributed by atoms with E-state index in [9.17, 15) is 10.1 Å². The van der Waals surface area contributed by atoms with Crippen molar-refractivity contribution >= 4 is 21.6 Å². The lowest BCUT2D eigenvalue weighted by atomic mass is 10.1. The summed E-state index contributed by atoms with van der Waals surface area (Å²) in [6.45, 7) is 2.85. The molecule has 8 heteroatoms. The number of ether oxygens (including phenoxy) is 2. The number of halogens is 1. The van der Waals surface area contributed by atoms with Gasteiger partial charge in [-0.3, -0.25) is 10.1 Å². The van der Waals surface area contributed by atoms with Crippen LogP contribution in [0.5, 0.6) is 11.5 Å². The quantitative estimate of drug-likeness (QED) is 0.316. The molecule has 2 aromatic carbocycles. The number of hydrogen-bond donors (Lipinski definition) is 1. The van der Waals surface area contributed by atoms with Gasteiger partial charge in [0, 0.05) is 28.7 Å². The molecule has 0 unspecified atom stereocenters. The molecule has 2 rings (SSSR count). The van der Waals surface area contributed by atoms with Gasteiger partial charge in [0.1, 0.15) is 6.61 Å². The first kappa shape index (κ1) is 22.1.